The molecule has 1 rings (SSSR count). The number of anilines is 1. The van der Waals surface area contributed by atoms with Crippen molar-refractivity contribution in [3.8, 4) is 5.75 Å². The van der Waals surface area contributed by atoms with E-state index >= 15 is 0 Å². The Balaban J connectivity index is 2.58. The van der Waals surface area contributed by atoms with Gasteiger partial charge < -0.3 is 10.5 Å². The van der Waals surface area contributed by atoms with Crippen LogP contribution in [0.3, 0.4) is 0 Å². The molecule has 0 amide bonds. The lowest BCUT2D eigenvalue weighted by Crippen LogP contribution is -2.03. The molecule has 0 atom stereocenters. The maximum Gasteiger partial charge on any atom is 0.333 e. The number of nitrogen functional groups attached to an aromatic ring is 1. The second kappa shape index (κ2) is 6.73. The Morgan fingerprint density at radius 2 is 2.12 bits per heavy atom. The first-order chi connectivity index (χ1) is 8.16. The van der Waals surface area contributed by atoms with Crippen LogP contribution in [0, 0.1) is 10.1 Å². The zero-order chi connectivity index (χ0) is 12.7. The summed E-state index contributed by atoms with van der Waals surface area (Å²) in [6.45, 7) is 2.62. The lowest BCUT2D eigenvalue weighted by Gasteiger charge is -2.07. The van der Waals surface area contributed by atoms with E-state index < -0.39 is 4.92 Å². The van der Waals surface area contributed by atoms with Crippen molar-refractivity contribution in [2.24, 2.45) is 0 Å². The van der Waals surface area contributed by atoms with Crippen LogP contribution in [0.15, 0.2) is 18.2 Å². The van der Waals surface area contributed by atoms with Crippen molar-refractivity contribution in [2.45, 2.75) is 32.6 Å². The molecule has 1 aromatic rings. The lowest BCUT2D eigenvalue weighted by atomic mass is 10.2. The monoisotopic (exact) mass is 238 g/mol. The van der Waals surface area contributed by atoms with Gasteiger partial charge in [-0.3, -0.25) is 10.1 Å². The van der Waals surface area contributed by atoms with Gasteiger partial charge >= 0.3 is 5.69 Å². The molecular weight excluding hydrogens is 220 g/mol. The molecule has 5 nitrogen and oxygen atoms in total. The van der Waals surface area contributed by atoms with Crippen LogP contribution in [0.1, 0.15) is 32.6 Å². The van der Waals surface area contributed by atoms with Crippen molar-refractivity contribution in [1.82, 2.24) is 0 Å². The van der Waals surface area contributed by atoms with Crippen LogP contribution in [0.2, 0.25) is 0 Å². The number of nitrogens with two attached hydrogens (primary N) is 1. The molecule has 0 aliphatic heterocycles. The van der Waals surface area contributed by atoms with Crippen LogP contribution in [-0.4, -0.2) is 11.5 Å². The van der Waals surface area contributed by atoms with E-state index in [1.807, 2.05) is 0 Å². The summed E-state index contributed by atoms with van der Waals surface area (Å²) in [6, 6.07) is 4.74. The molecule has 0 aliphatic carbocycles. The van der Waals surface area contributed by atoms with Gasteiger partial charge in [-0.1, -0.05) is 32.3 Å². The summed E-state index contributed by atoms with van der Waals surface area (Å²) >= 11 is 0. The highest BCUT2D eigenvalue weighted by Crippen LogP contribution is 2.32. The van der Waals surface area contributed by atoms with E-state index in [2.05, 4.69) is 6.92 Å². The minimum atomic E-state index is -0.503. The zero-order valence-corrected chi connectivity index (χ0v) is 10.0. The van der Waals surface area contributed by atoms with E-state index in [0.29, 0.717) is 6.61 Å². The fourth-order valence-corrected chi connectivity index (χ4v) is 1.56. The zero-order valence-electron chi connectivity index (χ0n) is 10.0. The third-order valence-electron chi connectivity index (χ3n) is 2.47. The van der Waals surface area contributed by atoms with Crippen LogP contribution in [0.25, 0.3) is 0 Å². The maximum absolute atomic E-state index is 10.8. The first-order valence-corrected chi connectivity index (χ1v) is 5.82. The Morgan fingerprint density at radius 3 is 2.76 bits per heavy atom. The summed E-state index contributed by atoms with van der Waals surface area (Å²) in [5.74, 6) is 0.256. The molecule has 1 aromatic carbocycles. The van der Waals surface area contributed by atoms with Crippen molar-refractivity contribution in [3.63, 3.8) is 0 Å². The average molecular weight is 238 g/mol. The van der Waals surface area contributed by atoms with Crippen LogP contribution < -0.4 is 10.5 Å². The molecule has 0 saturated heterocycles. The second-order valence-electron chi connectivity index (χ2n) is 3.86. The normalized spacial score (nSPS) is 10.2. The number of rotatable bonds is 7. The number of hydrogen-bond donors (Lipinski definition) is 1. The molecule has 0 aliphatic rings. The predicted octanol–water partition coefficient (Wildman–Crippen LogP) is 3.14. The molecule has 0 heterocycles. The van der Waals surface area contributed by atoms with E-state index in [4.69, 9.17) is 10.5 Å². The predicted molar refractivity (Wildman–Crippen MR) is 67.1 cm³/mol. The summed E-state index contributed by atoms with van der Waals surface area (Å²) in [7, 11) is 0. The van der Waals surface area contributed by atoms with Crippen molar-refractivity contribution in [1.29, 1.82) is 0 Å². The molecule has 5 heteroatoms. The van der Waals surface area contributed by atoms with Crippen molar-refractivity contribution >= 4 is 11.4 Å². The third kappa shape index (κ3) is 3.94. The Labute approximate surface area is 101 Å². The summed E-state index contributed by atoms with van der Waals surface area (Å²) < 4.78 is 5.40. The molecule has 0 fully saturated rings. The summed E-state index contributed by atoms with van der Waals surface area (Å²) in [5, 5.41) is 10.8. The van der Waals surface area contributed by atoms with E-state index in [1.165, 1.54) is 6.07 Å². The van der Waals surface area contributed by atoms with Gasteiger partial charge in [0.1, 0.15) is 5.69 Å². The minimum absolute atomic E-state index is 0.136. The van der Waals surface area contributed by atoms with Gasteiger partial charge in [-0.15, -0.1) is 0 Å². The van der Waals surface area contributed by atoms with Crippen LogP contribution in [0.4, 0.5) is 11.4 Å². The van der Waals surface area contributed by atoms with Crippen molar-refractivity contribution in [3.05, 3.63) is 28.3 Å². The van der Waals surface area contributed by atoms with Gasteiger partial charge in [0.2, 0.25) is 0 Å². The van der Waals surface area contributed by atoms with Gasteiger partial charge in [-0.05, 0) is 18.6 Å². The lowest BCUT2D eigenvalue weighted by molar-refractivity contribution is -0.384. The smallest absolute Gasteiger partial charge is 0.333 e. The summed E-state index contributed by atoms with van der Waals surface area (Å²) in [5.41, 5.74) is 5.56. The standard InChI is InChI=1S/C12H18N2O3/c1-2-3-4-5-9-17-11-8-6-7-10(13)12(11)14(15)16/h6-8H,2-5,9,13H2,1H3. The van der Waals surface area contributed by atoms with Gasteiger partial charge in [0, 0.05) is 0 Å². The Morgan fingerprint density at radius 1 is 1.35 bits per heavy atom. The van der Waals surface area contributed by atoms with Crippen LogP contribution in [-0.2, 0) is 0 Å². The highest BCUT2D eigenvalue weighted by atomic mass is 16.6. The number of nitro groups is 1. The van der Waals surface area contributed by atoms with Crippen molar-refractivity contribution < 1.29 is 9.66 Å². The van der Waals surface area contributed by atoms with Crippen LogP contribution in [0.5, 0.6) is 5.75 Å². The van der Waals surface area contributed by atoms with E-state index in [1.54, 1.807) is 12.1 Å². The van der Waals surface area contributed by atoms with E-state index in [0.717, 1.165) is 25.7 Å². The molecule has 2 N–H and O–H groups in total. The number of nitro benzene ring substituents is 1. The Bertz CT molecular complexity index is 380. The number of nitrogens with zero attached hydrogens (tertiary/aromatic N) is 1. The highest BCUT2D eigenvalue weighted by molar-refractivity contribution is 5.65. The number of para-hydroxylation sites is 1. The molecule has 94 valence electrons. The topological polar surface area (TPSA) is 78.4 Å². The molecule has 0 unspecified atom stereocenters. The van der Waals surface area contributed by atoms with Gasteiger partial charge in [-0.25, -0.2) is 0 Å². The SMILES string of the molecule is CCCCCCOc1cccc(N)c1[N+](=O)[O-]. The van der Waals surface area contributed by atoms with Crippen LogP contribution >= 0.6 is 0 Å². The maximum atomic E-state index is 10.8. The molecule has 0 spiro atoms. The van der Waals surface area contributed by atoms with Gasteiger partial charge in [0.05, 0.1) is 11.5 Å². The number of ether oxygens (including phenoxy) is 1. The Kier molecular flexibility index (Phi) is 5.26. The largest absolute Gasteiger partial charge is 0.487 e. The average Bonchev–Trinajstić information content (AvgIpc) is 2.28. The summed E-state index contributed by atoms with van der Waals surface area (Å²) in [6.07, 6.45) is 4.28. The third-order valence-corrected chi connectivity index (χ3v) is 2.47. The van der Waals surface area contributed by atoms with Gasteiger partial charge in [0.25, 0.3) is 0 Å². The molecule has 0 bridgehead atoms. The summed E-state index contributed by atoms with van der Waals surface area (Å²) in [4.78, 5) is 10.3. The first-order valence-electron chi connectivity index (χ1n) is 5.82. The molecule has 0 radical (unpaired) electrons. The van der Waals surface area contributed by atoms with Gasteiger partial charge in [-0.2, -0.15) is 0 Å². The number of benzene rings is 1. The Hall–Kier alpha value is -1.78. The molecule has 0 aromatic heterocycles. The second-order valence-corrected chi connectivity index (χ2v) is 3.86. The highest BCUT2D eigenvalue weighted by Gasteiger charge is 2.18. The van der Waals surface area contributed by atoms with E-state index in [-0.39, 0.29) is 17.1 Å². The fourth-order valence-electron chi connectivity index (χ4n) is 1.56. The molecule has 0 saturated carbocycles. The first kappa shape index (κ1) is 13.3. The number of unbranched alkanes of at least 4 members (excludes halogenated alkanes) is 3. The molecule has 17 heavy (non-hydrogen) atoms. The minimum Gasteiger partial charge on any atom is -0.487 e. The molecular formula is C12H18N2O3. The van der Waals surface area contributed by atoms with Crippen molar-refractivity contribution in [2.75, 3.05) is 12.3 Å². The van der Waals surface area contributed by atoms with E-state index in [9.17, 15) is 10.1 Å². The fraction of sp³-hybridized carbons (Fsp3) is 0.500. The quantitative estimate of drug-likeness (QED) is 0.342. The number of hydrogen-bond acceptors (Lipinski definition) is 4. The van der Waals surface area contributed by atoms with Gasteiger partial charge in [0.15, 0.2) is 5.75 Å².